The van der Waals surface area contributed by atoms with E-state index in [9.17, 15) is 13.2 Å². The van der Waals surface area contributed by atoms with E-state index in [2.05, 4.69) is 5.32 Å². The molecule has 1 unspecified atom stereocenters. The fourth-order valence-corrected chi connectivity index (χ4v) is 6.36. The Bertz CT molecular complexity index is 751. The molecule has 158 valence electrons. The zero-order valence-corrected chi connectivity index (χ0v) is 18.8. The van der Waals surface area contributed by atoms with E-state index in [4.69, 9.17) is 23.2 Å². The van der Waals surface area contributed by atoms with Gasteiger partial charge in [-0.1, -0.05) is 49.0 Å². The highest BCUT2D eigenvalue weighted by atomic mass is 35.5. The number of amides is 1. The second-order valence-corrected chi connectivity index (χ2v) is 11.4. The molecule has 2 aliphatic carbocycles. The summed E-state index contributed by atoms with van der Waals surface area (Å²) in [4.78, 5) is 12.7. The van der Waals surface area contributed by atoms with Crippen molar-refractivity contribution in [1.29, 1.82) is 0 Å². The third kappa shape index (κ3) is 5.53. The third-order valence-corrected chi connectivity index (χ3v) is 8.88. The number of halogens is 2. The van der Waals surface area contributed by atoms with Crippen molar-refractivity contribution in [3.8, 4) is 0 Å². The second-order valence-electron chi connectivity index (χ2n) is 8.49. The van der Waals surface area contributed by atoms with Crippen molar-refractivity contribution < 1.29 is 13.2 Å². The first-order valence-electron chi connectivity index (χ1n) is 10.2. The van der Waals surface area contributed by atoms with E-state index in [1.54, 1.807) is 10.4 Å². The third-order valence-electron chi connectivity index (χ3n) is 6.17. The van der Waals surface area contributed by atoms with Gasteiger partial charge in [0.05, 0.1) is 11.7 Å². The van der Waals surface area contributed by atoms with Gasteiger partial charge < -0.3 is 5.32 Å². The van der Waals surface area contributed by atoms with Crippen LogP contribution in [0.5, 0.6) is 0 Å². The number of piperidine rings is 1. The van der Waals surface area contributed by atoms with Crippen molar-refractivity contribution in [2.75, 3.05) is 25.4 Å². The van der Waals surface area contributed by atoms with E-state index in [0.29, 0.717) is 42.5 Å². The van der Waals surface area contributed by atoms with Gasteiger partial charge in [-0.2, -0.15) is 0 Å². The van der Waals surface area contributed by atoms with E-state index in [0.717, 1.165) is 25.2 Å². The lowest BCUT2D eigenvalue weighted by atomic mass is 9.74. The smallest absolute Gasteiger partial charge is 0.228 e. The summed E-state index contributed by atoms with van der Waals surface area (Å²) in [5.41, 5.74) is -0.0204. The Morgan fingerprint density at radius 2 is 1.96 bits per heavy atom. The molecule has 0 bridgehead atoms. The molecule has 1 N–H and O–H groups in total. The van der Waals surface area contributed by atoms with Gasteiger partial charge in [0, 0.05) is 29.7 Å². The molecule has 0 aromatic rings. The van der Waals surface area contributed by atoms with Gasteiger partial charge >= 0.3 is 0 Å². The molecule has 2 fully saturated rings. The molecule has 0 aromatic carbocycles. The van der Waals surface area contributed by atoms with Gasteiger partial charge in [0.2, 0.25) is 15.9 Å². The summed E-state index contributed by atoms with van der Waals surface area (Å²) in [6.07, 6.45) is 9.74. The van der Waals surface area contributed by atoms with Crippen molar-refractivity contribution in [3.05, 3.63) is 22.2 Å². The lowest BCUT2D eigenvalue weighted by Gasteiger charge is -2.42. The second kappa shape index (κ2) is 9.07. The van der Waals surface area contributed by atoms with E-state index in [1.165, 1.54) is 12.8 Å². The molecule has 3 aliphatic rings. The monoisotopic (exact) mass is 448 g/mol. The van der Waals surface area contributed by atoms with Crippen molar-refractivity contribution in [2.45, 2.75) is 51.9 Å². The fourth-order valence-electron chi connectivity index (χ4n) is 4.28. The molecular formula is C20H30Cl2N2O3S. The number of sulfonamides is 1. The lowest BCUT2D eigenvalue weighted by molar-refractivity contribution is -0.124. The van der Waals surface area contributed by atoms with Crippen LogP contribution in [0.1, 0.15) is 51.9 Å². The van der Waals surface area contributed by atoms with E-state index in [-0.39, 0.29) is 23.0 Å². The Balaban J connectivity index is 1.60. The Labute approximate surface area is 178 Å². The molecule has 5 nitrogen and oxygen atoms in total. The van der Waals surface area contributed by atoms with Crippen LogP contribution in [0.15, 0.2) is 22.2 Å². The molecular weight excluding hydrogens is 419 g/mol. The maximum atomic E-state index is 12.7. The molecule has 0 aromatic heterocycles. The van der Waals surface area contributed by atoms with Crippen LogP contribution in [0.2, 0.25) is 0 Å². The van der Waals surface area contributed by atoms with Gasteiger partial charge in [-0.05, 0) is 49.5 Å². The topological polar surface area (TPSA) is 66.5 Å². The Kier molecular flexibility index (Phi) is 7.17. The minimum atomic E-state index is -3.16. The maximum absolute atomic E-state index is 12.7. The summed E-state index contributed by atoms with van der Waals surface area (Å²) in [6.45, 7) is 3.57. The summed E-state index contributed by atoms with van der Waals surface area (Å²) in [5.74, 6) is 0.475. The number of allylic oxidation sites excluding steroid dienone is 3. The van der Waals surface area contributed by atoms with Gasteiger partial charge in [-0.3, -0.25) is 4.79 Å². The number of nitrogens with one attached hydrogen (secondary N) is 1. The Morgan fingerprint density at radius 3 is 2.54 bits per heavy atom. The highest BCUT2D eigenvalue weighted by Gasteiger charge is 2.42. The van der Waals surface area contributed by atoms with E-state index >= 15 is 0 Å². The van der Waals surface area contributed by atoms with Gasteiger partial charge in [0.15, 0.2) is 0 Å². The average Bonchev–Trinajstić information content (AvgIpc) is 3.44. The molecule has 1 heterocycles. The van der Waals surface area contributed by atoms with Gasteiger partial charge in [-0.25, -0.2) is 12.7 Å². The summed E-state index contributed by atoms with van der Waals surface area (Å²) in [7, 11) is -3.16. The van der Waals surface area contributed by atoms with Gasteiger partial charge in [0.1, 0.15) is 0 Å². The molecule has 0 radical (unpaired) electrons. The van der Waals surface area contributed by atoms with Crippen LogP contribution in [0.4, 0.5) is 0 Å². The maximum Gasteiger partial charge on any atom is 0.228 e. The molecule has 1 saturated heterocycles. The average molecular weight is 449 g/mol. The van der Waals surface area contributed by atoms with Crippen molar-refractivity contribution >= 4 is 39.1 Å². The standard InChI is InChI=1S/C20H30Cl2N2O3S/c1-2-11-28(26,27)24-9-7-20(8-10-24,13-15-3-4-15)14-23-19(25)17-6-5-16(21)12-18(17)22/h5,12,15,17H,2-4,6-11,13-14H2,1H3,(H,23,25). The first-order valence-corrected chi connectivity index (χ1v) is 12.6. The van der Waals surface area contributed by atoms with Crippen molar-refractivity contribution in [2.24, 2.45) is 17.3 Å². The van der Waals surface area contributed by atoms with Crippen LogP contribution in [0.25, 0.3) is 0 Å². The van der Waals surface area contributed by atoms with Gasteiger partial charge in [-0.15, -0.1) is 0 Å². The summed E-state index contributed by atoms with van der Waals surface area (Å²) < 4.78 is 26.4. The number of rotatable bonds is 8. The fraction of sp³-hybridized carbons (Fsp3) is 0.750. The number of carbonyl (C=O) groups is 1. The first-order chi connectivity index (χ1) is 13.2. The molecule has 1 saturated carbocycles. The molecule has 8 heteroatoms. The molecule has 3 rings (SSSR count). The number of hydrogen-bond acceptors (Lipinski definition) is 3. The highest BCUT2D eigenvalue weighted by molar-refractivity contribution is 7.89. The number of nitrogens with zero attached hydrogens (tertiary/aromatic N) is 1. The molecule has 1 aliphatic heterocycles. The highest BCUT2D eigenvalue weighted by Crippen LogP contribution is 2.45. The van der Waals surface area contributed by atoms with E-state index in [1.807, 2.05) is 13.0 Å². The van der Waals surface area contributed by atoms with Crippen LogP contribution < -0.4 is 5.32 Å². The predicted molar refractivity (Wildman–Crippen MR) is 114 cm³/mol. The Hall–Kier alpha value is -0.560. The first kappa shape index (κ1) is 22.1. The SMILES string of the molecule is CCCS(=O)(=O)N1CCC(CNC(=O)C2CC=C(Cl)C=C2Cl)(CC2CC2)CC1. The summed E-state index contributed by atoms with van der Waals surface area (Å²) in [5, 5.41) is 4.16. The summed E-state index contributed by atoms with van der Waals surface area (Å²) in [6, 6.07) is 0. The molecule has 0 spiro atoms. The van der Waals surface area contributed by atoms with Crippen molar-refractivity contribution in [3.63, 3.8) is 0 Å². The van der Waals surface area contributed by atoms with Crippen LogP contribution in [-0.4, -0.2) is 44.0 Å². The quantitative estimate of drug-likeness (QED) is 0.610. The normalized spacial score (nSPS) is 25.8. The zero-order valence-electron chi connectivity index (χ0n) is 16.4. The largest absolute Gasteiger partial charge is 0.355 e. The van der Waals surface area contributed by atoms with Crippen LogP contribution in [0.3, 0.4) is 0 Å². The summed E-state index contributed by atoms with van der Waals surface area (Å²) >= 11 is 12.2. The molecule has 1 atom stereocenters. The lowest BCUT2D eigenvalue weighted by Crippen LogP contribution is -2.49. The van der Waals surface area contributed by atoms with Gasteiger partial charge in [0.25, 0.3) is 0 Å². The number of hydrogen-bond donors (Lipinski definition) is 1. The Morgan fingerprint density at radius 1 is 1.29 bits per heavy atom. The zero-order chi connectivity index (χ0) is 20.4. The minimum Gasteiger partial charge on any atom is -0.355 e. The molecule has 1 amide bonds. The predicted octanol–water partition coefficient (Wildman–Crippen LogP) is 3.99. The van der Waals surface area contributed by atoms with Crippen LogP contribution in [-0.2, 0) is 14.8 Å². The van der Waals surface area contributed by atoms with Crippen molar-refractivity contribution in [1.82, 2.24) is 9.62 Å². The van der Waals surface area contributed by atoms with Crippen LogP contribution in [0, 0.1) is 17.3 Å². The minimum absolute atomic E-state index is 0.0204. The van der Waals surface area contributed by atoms with E-state index < -0.39 is 10.0 Å². The molecule has 28 heavy (non-hydrogen) atoms. The van der Waals surface area contributed by atoms with Crippen LogP contribution >= 0.6 is 23.2 Å². The number of carbonyl (C=O) groups excluding carboxylic acids is 1.